The maximum Gasteiger partial charge on any atom is 0.225 e. The molecular formula is C11H23NO2. The smallest absolute Gasteiger partial charge is 0.225 e. The third-order valence-corrected chi connectivity index (χ3v) is 2.02. The van der Waals surface area contributed by atoms with Gasteiger partial charge in [0, 0.05) is 12.5 Å². The van der Waals surface area contributed by atoms with E-state index in [-0.39, 0.29) is 17.4 Å². The standard InChI is InChI=1S/C11H23NO2/c1-6-7-9(8-14-5)12-10(13)11(2,3)4/h9H,6-8H2,1-5H3,(H,12,13). The van der Waals surface area contributed by atoms with Crippen LogP contribution in [0.25, 0.3) is 0 Å². The predicted octanol–water partition coefficient (Wildman–Crippen LogP) is 1.96. The lowest BCUT2D eigenvalue weighted by atomic mass is 9.95. The Labute approximate surface area is 87.2 Å². The maximum absolute atomic E-state index is 11.7. The molecule has 0 rings (SSSR count). The van der Waals surface area contributed by atoms with Gasteiger partial charge in [0.25, 0.3) is 0 Å². The van der Waals surface area contributed by atoms with Crippen LogP contribution in [0.1, 0.15) is 40.5 Å². The largest absolute Gasteiger partial charge is 0.383 e. The Kier molecular flexibility index (Phi) is 5.77. The summed E-state index contributed by atoms with van der Waals surface area (Å²) in [6.07, 6.45) is 2.02. The molecule has 0 aliphatic rings. The lowest BCUT2D eigenvalue weighted by Crippen LogP contribution is -2.43. The van der Waals surface area contributed by atoms with E-state index in [1.165, 1.54) is 0 Å². The molecule has 0 aromatic heterocycles. The van der Waals surface area contributed by atoms with Crippen LogP contribution in [-0.2, 0) is 9.53 Å². The second-order valence-electron chi connectivity index (χ2n) is 4.66. The zero-order valence-electron chi connectivity index (χ0n) is 10.0. The molecule has 0 aromatic carbocycles. The number of carbonyl (C=O) groups is 1. The van der Waals surface area contributed by atoms with Gasteiger partial charge in [-0.3, -0.25) is 4.79 Å². The first kappa shape index (κ1) is 13.4. The first-order valence-electron chi connectivity index (χ1n) is 5.21. The molecule has 3 nitrogen and oxygen atoms in total. The zero-order valence-corrected chi connectivity index (χ0v) is 10.0. The van der Waals surface area contributed by atoms with Gasteiger partial charge in [-0.05, 0) is 6.42 Å². The molecule has 1 unspecified atom stereocenters. The summed E-state index contributed by atoms with van der Waals surface area (Å²) < 4.78 is 5.06. The third kappa shape index (κ3) is 5.22. The van der Waals surface area contributed by atoms with E-state index in [1.54, 1.807) is 7.11 Å². The van der Waals surface area contributed by atoms with Crippen molar-refractivity contribution in [3.05, 3.63) is 0 Å². The van der Waals surface area contributed by atoms with Crippen LogP contribution in [0.3, 0.4) is 0 Å². The topological polar surface area (TPSA) is 38.3 Å². The summed E-state index contributed by atoms with van der Waals surface area (Å²) >= 11 is 0. The monoisotopic (exact) mass is 201 g/mol. The molecule has 0 aromatic rings. The van der Waals surface area contributed by atoms with Gasteiger partial charge in [-0.15, -0.1) is 0 Å². The first-order valence-corrected chi connectivity index (χ1v) is 5.21. The van der Waals surface area contributed by atoms with Crippen molar-refractivity contribution in [1.82, 2.24) is 5.32 Å². The summed E-state index contributed by atoms with van der Waals surface area (Å²) in [6, 6.07) is 0.150. The Morgan fingerprint density at radius 2 is 2.00 bits per heavy atom. The van der Waals surface area contributed by atoms with Crippen molar-refractivity contribution >= 4 is 5.91 Å². The van der Waals surface area contributed by atoms with E-state index in [0.717, 1.165) is 12.8 Å². The van der Waals surface area contributed by atoms with Crippen LogP contribution in [0.15, 0.2) is 0 Å². The molecule has 0 aliphatic heterocycles. The first-order chi connectivity index (χ1) is 6.41. The number of methoxy groups -OCH3 is 1. The van der Waals surface area contributed by atoms with Gasteiger partial charge >= 0.3 is 0 Å². The molecule has 0 bridgehead atoms. The number of rotatable bonds is 5. The van der Waals surface area contributed by atoms with Crippen LogP contribution in [0.4, 0.5) is 0 Å². The van der Waals surface area contributed by atoms with Crippen LogP contribution >= 0.6 is 0 Å². The molecule has 0 radical (unpaired) electrons. The molecule has 0 saturated carbocycles. The van der Waals surface area contributed by atoms with E-state index >= 15 is 0 Å². The van der Waals surface area contributed by atoms with Crippen molar-refractivity contribution in [3.63, 3.8) is 0 Å². The third-order valence-electron chi connectivity index (χ3n) is 2.02. The van der Waals surface area contributed by atoms with Crippen molar-refractivity contribution in [1.29, 1.82) is 0 Å². The second-order valence-corrected chi connectivity index (χ2v) is 4.66. The summed E-state index contributed by atoms with van der Waals surface area (Å²) in [5.74, 6) is 0.0907. The van der Waals surface area contributed by atoms with Crippen molar-refractivity contribution in [3.8, 4) is 0 Å². The van der Waals surface area contributed by atoms with Crippen molar-refractivity contribution in [2.75, 3.05) is 13.7 Å². The number of ether oxygens (including phenoxy) is 1. The van der Waals surface area contributed by atoms with Crippen LogP contribution in [0.5, 0.6) is 0 Å². The van der Waals surface area contributed by atoms with E-state index in [2.05, 4.69) is 12.2 Å². The highest BCUT2D eigenvalue weighted by Gasteiger charge is 2.23. The fourth-order valence-electron chi connectivity index (χ4n) is 1.15. The van der Waals surface area contributed by atoms with Crippen molar-refractivity contribution < 1.29 is 9.53 Å². The van der Waals surface area contributed by atoms with Crippen LogP contribution in [0, 0.1) is 5.41 Å². The van der Waals surface area contributed by atoms with Crippen LogP contribution in [0.2, 0.25) is 0 Å². The quantitative estimate of drug-likeness (QED) is 0.738. The number of hydrogen-bond acceptors (Lipinski definition) is 2. The minimum Gasteiger partial charge on any atom is -0.383 e. The fraction of sp³-hybridized carbons (Fsp3) is 0.909. The Hall–Kier alpha value is -0.570. The number of hydrogen-bond donors (Lipinski definition) is 1. The van der Waals surface area contributed by atoms with E-state index in [0.29, 0.717) is 6.61 Å². The average molecular weight is 201 g/mol. The fourth-order valence-corrected chi connectivity index (χ4v) is 1.15. The van der Waals surface area contributed by atoms with Crippen molar-refractivity contribution in [2.45, 2.75) is 46.6 Å². The summed E-state index contributed by atoms with van der Waals surface area (Å²) in [4.78, 5) is 11.7. The maximum atomic E-state index is 11.7. The highest BCUT2D eigenvalue weighted by molar-refractivity contribution is 5.81. The van der Waals surface area contributed by atoms with Crippen LogP contribution in [-0.4, -0.2) is 25.7 Å². The van der Waals surface area contributed by atoms with Gasteiger partial charge in [-0.25, -0.2) is 0 Å². The van der Waals surface area contributed by atoms with Gasteiger partial charge in [0.2, 0.25) is 5.91 Å². The van der Waals surface area contributed by atoms with Gasteiger partial charge in [0.05, 0.1) is 12.6 Å². The molecule has 0 fully saturated rings. The molecule has 1 atom stereocenters. The molecule has 0 spiro atoms. The molecule has 0 saturated heterocycles. The summed E-state index contributed by atoms with van der Waals surface area (Å²) in [6.45, 7) is 8.44. The molecule has 14 heavy (non-hydrogen) atoms. The minimum atomic E-state index is -0.320. The Morgan fingerprint density at radius 1 is 1.43 bits per heavy atom. The SMILES string of the molecule is CCCC(COC)NC(=O)C(C)(C)C. The van der Waals surface area contributed by atoms with Gasteiger partial charge in [0.1, 0.15) is 0 Å². The Morgan fingerprint density at radius 3 is 2.36 bits per heavy atom. The summed E-state index contributed by atoms with van der Waals surface area (Å²) in [5, 5.41) is 2.99. The lowest BCUT2D eigenvalue weighted by Gasteiger charge is -2.23. The Balaban J connectivity index is 4.08. The van der Waals surface area contributed by atoms with E-state index in [4.69, 9.17) is 4.74 Å². The molecule has 0 aliphatic carbocycles. The number of nitrogens with one attached hydrogen (secondary N) is 1. The minimum absolute atomic E-state index is 0.0907. The second kappa shape index (κ2) is 6.02. The number of amides is 1. The van der Waals surface area contributed by atoms with Crippen LogP contribution < -0.4 is 5.32 Å². The summed E-state index contributed by atoms with van der Waals surface area (Å²) in [7, 11) is 1.66. The molecular weight excluding hydrogens is 178 g/mol. The van der Waals surface area contributed by atoms with Gasteiger partial charge in [-0.2, -0.15) is 0 Å². The van der Waals surface area contributed by atoms with Gasteiger partial charge in [0.15, 0.2) is 0 Å². The van der Waals surface area contributed by atoms with E-state index in [1.807, 2.05) is 20.8 Å². The van der Waals surface area contributed by atoms with Gasteiger partial charge in [-0.1, -0.05) is 34.1 Å². The highest BCUT2D eigenvalue weighted by Crippen LogP contribution is 2.13. The van der Waals surface area contributed by atoms with Gasteiger partial charge < -0.3 is 10.1 Å². The predicted molar refractivity (Wildman–Crippen MR) is 58.2 cm³/mol. The van der Waals surface area contributed by atoms with Crippen molar-refractivity contribution in [2.24, 2.45) is 5.41 Å². The number of carbonyl (C=O) groups excluding carboxylic acids is 1. The molecule has 0 heterocycles. The summed E-state index contributed by atoms with van der Waals surface area (Å²) in [5.41, 5.74) is -0.320. The highest BCUT2D eigenvalue weighted by atomic mass is 16.5. The Bertz CT molecular complexity index is 167. The molecule has 3 heteroatoms. The lowest BCUT2D eigenvalue weighted by molar-refractivity contribution is -0.129. The molecule has 84 valence electrons. The zero-order chi connectivity index (χ0) is 11.2. The molecule has 1 amide bonds. The van der Waals surface area contributed by atoms with E-state index in [9.17, 15) is 4.79 Å². The normalized spacial score (nSPS) is 13.8. The average Bonchev–Trinajstić information content (AvgIpc) is 2.03. The van der Waals surface area contributed by atoms with E-state index < -0.39 is 0 Å². The molecule has 1 N–H and O–H groups in total.